The average Bonchev–Trinajstić information content (AvgIpc) is 2.41. The first-order valence-corrected chi connectivity index (χ1v) is 5.90. The summed E-state index contributed by atoms with van der Waals surface area (Å²) in [6.45, 7) is -0.116. The van der Waals surface area contributed by atoms with Crippen LogP contribution in [0.5, 0.6) is 5.75 Å². The predicted molar refractivity (Wildman–Crippen MR) is 74.2 cm³/mol. The van der Waals surface area contributed by atoms with Crippen molar-refractivity contribution in [3.8, 4) is 5.75 Å². The molecule has 1 aromatic heterocycles. The largest absolute Gasteiger partial charge is 0.484 e. The van der Waals surface area contributed by atoms with Crippen LogP contribution in [0, 0.1) is 0 Å². The van der Waals surface area contributed by atoms with Gasteiger partial charge in [0.05, 0.1) is 16.9 Å². The SMILES string of the molecule is Nc1ccc(OCC(=O)Nc2cnccc2Cl)cc1. The Kier molecular flexibility index (Phi) is 4.20. The molecule has 0 unspecified atom stereocenters. The van der Waals surface area contributed by atoms with E-state index in [2.05, 4.69) is 10.3 Å². The van der Waals surface area contributed by atoms with Crippen molar-refractivity contribution in [2.45, 2.75) is 0 Å². The summed E-state index contributed by atoms with van der Waals surface area (Å²) in [7, 11) is 0. The van der Waals surface area contributed by atoms with Crippen LogP contribution in [0.3, 0.4) is 0 Å². The van der Waals surface area contributed by atoms with Gasteiger partial charge in [0, 0.05) is 11.9 Å². The first kappa shape index (κ1) is 13.2. The summed E-state index contributed by atoms with van der Waals surface area (Å²) in [5.41, 5.74) is 6.64. The zero-order valence-corrected chi connectivity index (χ0v) is 10.7. The Labute approximate surface area is 115 Å². The number of nitrogens with one attached hydrogen (secondary N) is 1. The number of nitrogens with zero attached hydrogens (tertiary/aromatic N) is 1. The van der Waals surface area contributed by atoms with Crippen molar-refractivity contribution in [1.82, 2.24) is 4.98 Å². The number of pyridine rings is 1. The van der Waals surface area contributed by atoms with E-state index < -0.39 is 0 Å². The van der Waals surface area contributed by atoms with Crippen LogP contribution >= 0.6 is 11.6 Å². The number of rotatable bonds is 4. The zero-order valence-electron chi connectivity index (χ0n) is 9.97. The molecule has 6 heteroatoms. The normalized spacial score (nSPS) is 9.95. The number of amides is 1. The van der Waals surface area contributed by atoms with Crippen molar-refractivity contribution >= 4 is 28.9 Å². The topological polar surface area (TPSA) is 77.2 Å². The molecule has 0 bridgehead atoms. The Morgan fingerprint density at radius 2 is 2.05 bits per heavy atom. The van der Waals surface area contributed by atoms with E-state index in [0.717, 1.165) is 0 Å². The van der Waals surface area contributed by atoms with Crippen molar-refractivity contribution in [2.24, 2.45) is 0 Å². The molecule has 0 radical (unpaired) electrons. The Balaban J connectivity index is 1.88. The van der Waals surface area contributed by atoms with E-state index >= 15 is 0 Å². The molecule has 1 aromatic carbocycles. The van der Waals surface area contributed by atoms with Crippen molar-refractivity contribution in [2.75, 3.05) is 17.7 Å². The molecule has 0 saturated carbocycles. The fourth-order valence-electron chi connectivity index (χ4n) is 1.37. The second kappa shape index (κ2) is 6.06. The molecule has 0 aliphatic heterocycles. The lowest BCUT2D eigenvalue weighted by molar-refractivity contribution is -0.118. The summed E-state index contributed by atoms with van der Waals surface area (Å²) in [5.74, 6) is 0.258. The Morgan fingerprint density at radius 1 is 1.32 bits per heavy atom. The number of carbonyl (C=O) groups excluding carboxylic acids is 1. The molecule has 0 saturated heterocycles. The van der Waals surface area contributed by atoms with Crippen molar-refractivity contribution in [3.05, 3.63) is 47.7 Å². The average molecular weight is 278 g/mol. The summed E-state index contributed by atoms with van der Waals surface area (Å²) < 4.78 is 5.30. The van der Waals surface area contributed by atoms with Crippen LogP contribution in [0.1, 0.15) is 0 Å². The molecule has 1 heterocycles. The van der Waals surface area contributed by atoms with E-state index in [-0.39, 0.29) is 12.5 Å². The highest BCUT2D eigenvalue weighted by atomic mass is 35.5. The maximum atomic E-state index is 11.7. The lowest BCUT2D eigenvalue weighted by Crippen LogP contribution is -2.20. The van der Waals surface area contributed by atoms with Crippen LogP contribution < -0.4 is 15.8 Å². The highest BCUT2D eigenvalue weighted by Gasteiger charge is 2.06. The number of carbonyl (C=O) groups is 1. The highest BCUT2D eigenvalue weighted by Crippen LogP contribution is 2.19. The van der Waals surface area contributed by atoms with Crippen LogP contribution in [-0.4, -0.2) is 17.5 Å². The van der Waals surface area contributed by atoms with Crippen molar-refractivity contribution in [1.29, 1.82) is 0 Å². The van der Waals surface area contributed by atoms with E-state index in [4.69, 9.17) is 22.1 Å². The fraction of sp³-hybridized carbons (Fsp3) is 0.0769. The van der Waals surface area contributed by atoms with Crippen LogP contribution in [0.2, 0.25) is 5.02 Å². The quantitative estimate of drug-likeness (QED) is 0.841. The van der Waals surface area contributed by atoms with Gasteiger partial charge in [-0.15, -0.1) is 0 Å². The van der Waals surface area contributed by atoms with E-state index in [9.17, 15) is 4.79 Å². The molecule has 0 aliphatic rings. The summed E-state index contributed by atoms with van der Waals surface area (Å²) in [5, 5.41) is 3.04. The molecule has 2 rings (SSSR count). The Bertz CT molecular complexity index is 572. The number of hydrogen-bond acceptors (Lipinski definition) is 4. The standard InChI is InChI=1S/C13H12ClN3O2/c14-11-5-6-16-7-12(11)17-13(18)8-19-10-3-1-9(15)2-4-10/h1-7H,8,15H2,(H,17,18). The molecule has 0 aliphatic carbocycles. The predicted octanol–water partition coefficient (Wildman–Crippen LogP) is 2.33. The minimum atomic E-state index is -0.313. The van der Waals surface area contributed by atoms with Crippen LogP contribution in [0.25, 0.3) is 0 Å². The number of anilines is 2. The number of halogens is 1. The molecule has 19 heavy (non-hydrogen) atoms. The molecule has 2 aromatic rings. The van der Waals surface area contributed by atoms with Crippen molar-refractivity contribution < 1.29 is 9.53 Å². The van der Waals surface area contributed by atoms with Gasteiger partial charge in [-0.3, -0.25) is 9.78 Å². The van der Waals surface area contributed by atoms with Gasteiger partial charge in [0.15, 0.2) is 6.61 Å². The van der Waals surface area contributed by atoms with Gasteiger partial charge in [-0.2, -0.15) is 0 Å². The second-order valence-corrected chi connectivity index (χ2v) is 4.17. The second-order valence-electron chi connectivity index (χ2n) is 3.76. The minimum Gasteiger partial charge on any atom is -0.484 e. The number of aromatic nitrogens is 1. The molecule has 0 spiro atoms. The smallest absolute Gasteiger partial charge is 0.262 e. The summed E-state index contributed by atoms with van der Waals surface area (Å²) >= 11 is 5.89. The maximum absolute atomic E-state index is 11.7. The molecule has 98 valence electrons. The summed E-state index contributed by atoms with van der Waals surface area (Å²) in [4.78, 5) is 15.5. The van der Waals surface area contributed by atoms with Gasteiger partial charge in [0.1, 0.15) is 5.75 Å². The van der Waals surface area contributed by atoms with Gasteiger partial charge in [-0.1, -0.05) is 11.6 Å². The molecular weight excluding hydrogens is 266 g/mol. The summed E-state index contributed by atoms with van der Waals surface area (Å²) in [6.07, 6.45) is 3.02. The monoisotopic (exact) mass is 277 g/mol. The van der Waals surface area contributed by atoms with E-state index in [1.165, 1.54) is 6.20 Å². The lowest BCUT2D eigenvalue weighted by atomic mass is 10.3. The first-order valence-electron chi connectivity index (χ1n) is 5.53. The van der Waals surface area contributed by atoms with Crippen LogP contribution in [0.4, 0.5) is 11.4 Å². The Morgan fingerprint density at radius 3 is 2.74 bits per heavy atom. The third kappa shape index (κ3) is 3.86. The van der Waals surface area contributed by atoms with Gasteiger partial charge in [-0.25, -0.2) is 0 Å². The number of nitrogens with two attached hydrogens (primary N) is 1. The first-order chi connectivity index (χ1) is 9.15. The molecule has 3 N–H and O–H groups in total. The van der Waals surface area contributed by atoms with E-state index in [0.29, 0.717) is 22.1 Å². The van der Waals surface area contributed by atoms with Crippen LogP contribution in [0.15, 0.2) is 42.7 Å². The molecule has 0 atom stereocenters. The lowest BCUT2D eigenvalue weighted by Gasteiger charge is -2.08. The third-order valence-electron chi connectivity index (χ3n) is 2.29. The Hall–Kier alpha value is -2.27. The number of hydrogen-bond donors (Lipinski definition) is 2. The highest BCUT2D eigenvalue weighted by molar-refractivity contribution is 6.33. The molecule has 5 nitrogen and oxygen atoms in total. The molecular formula is C13H12ClN3O2. The van der Waals surface area contributed by atoms with Crippen molar-refractivity contribution in [3.63, 3.8) is 0 Å². The van der Waals surface area contributed by atoms with Gasteiger partial charge >= 0.3 is 0 Å². The minimum absolute atomic E-state index is 0.116. The van der Waals surface area contributed by atoms with Gasteiger partial charge < -0.3 is 15.8 Å². The number of benzene rings is 1. The van der Waals surface area contributed by atoms with Gasteiger partial charge in [-0.05, 0) is 30.3 Å². The zero-order chi connectivity index (χ0) is 13.7. The summed E-state index contributed by atoms with van der Waals surface area (Å²) in [6, 6.07) is 8.38. The molecule has 1 amide bonds. The number of nitrogen functional groups attached to an aromatic ring is 1. The van der Waals surface area contributed by atoms with E-state index in [1.807, 2.05) is 0 Å². The van der Waals surface area contributed by atoms with E-state index in [1.54, 1.807) is 36.5 Å². The third-order valence-corrected chi connectivity index (χ3v) is 2.62. The van der Waals surface area contributed by atoms with Crippen LogP contribution in [-0.2, 0) is 4.79 Å². The van der Waals surface area contributed by atoms with Gasteiger partial charge in [0.25, 0.3) is 5.91 Å². The fourth-order valence-corrected chi connectivity index (χ4v) is 1.52. The maximum Gasteiger partial charge on any atom is 0.262 e. The number of ether oxygens (including phenoxy) is 1. The van der Waals surface area contributed by atoms with Gasteiger partial charge in [0.2, 0.25) is 0 Å². The molecule has 0 fully saturated rings.